The van der Waals surface area contributed by atoms with Crippen molar-refractivity contribution in [3.63, 3.8) is 0 Å². The predicted molar refractivity (Wildman–Crippen MR) is 125 cm³/mol. The van der Waals surface area contributed by atoms with Crippen molar-refractivity contribution in [2.75, 3.05) is 13.1 Å². The van der Waals surface area contributed by atoms with Crippen LogP contribution in [0.15, 0.2) is 59.0 Å². The normalized spacial score (nSPS) is 15.0. The minimum atomic E-state index is -0.710. The molecule has 1 aliphatic rings. The van der Waals surface area contributed by atoms with E-state index in [2.05, 4.69) is 34.2 Å². The second kappa shape index (κ2) is 10.4. The maximum absolute atomic E-state index is 10.9. The first-order chi connectivity index (χ1) is 15.6. The van der Waals surface area contributed by atoms with Crippen molar-refractivity contribution < 1.29 is 14.3 Å². The molecule has 166 valence electrons. The first-order valence-corrected chi connectivity index (χ1v) is 11.3. The van der Waals surface area contributed by atoms with Gasteiger partial charge in [-0.05, 0) is 41.7 Å². The Labute approximate surface area is 188 Å². The Bertz CT molecular complexity index is 1050. The summed E-state index contributed by atoms with van der Waals surface area (Å²) < 4.78 is 5.95. The number of benzene rings is 2. The van der Waals surface area contributed by atoms with Crippen molar-refractivity contribution in [1.82, 2.24) is 15.1 Å². The quantitative estimate of drug-likeness (QED) is 0.435. The fraction of sp³-hybridized carbons (Fsp3) is 0.346. The van der Waals surface area contributed by atoms with Crippen LogP contribution in [-0.4, -0.2) is 39.3 Å². The molecule has 0 radical (unpaired) electrons. The Balaban J connectivity index is 1.43. The summed E-state index contributed by atoms with van der Waals surface area (Å²) in [6.45, 7) is 4.18. The molecule has 1 saturated heterocycles. The van der Waals surface area contributed by atoms with Crippen LogP contribution >= 0.6 is 0 Å². The summed E-state index contributed by atoms with van der Waals surface area (Å²) in [5.41, 5.74) is 4.40. The molecule has 0 aliphatic carbocycles. The third-order valence-corrected chi connectivity index (χ3v) is 5.85. The number of likely N-dealkylation sites (tertiary alicyclic amines) is 1. The molecule has 0 amide bonds. The Morgan fingerprint density at radius 2 is 1.84 bits per heavy atom. The number of allylic oxidation sites excluding steroid dienone is 1. The van der Waals surface area contributed by atoms with E-state index in [1.54, 1.807) is 0 Å². The summed E-state index contributed by atoms with van der Waals surface area (Å²) in [5.74, 6) is 0.0684. The van der Waals surface area contributed by atoms with Crippen LogP contribution < -0.4 is 0 Å². The van der Waals surface area contributed by atoms with Crippen molar-refractivity contribution in [2.45, 2.75) is 39.2 Å². The van der Waals surface area contributed by atoms with Gasteiger partial charge in [-0.1, -0.05) is 62.2 Å². The van der Waals surface area contributed by atoms with Crippen molar-refractivity contribution in [2.24, 2.45) is 5.92 Å². The van der Waals surface area contributed by atoms with E-state index >= 15 is 0 Å². The van der Waals surface area contributed by atoms with Crippen molar-refractivity contribution in [3.05, 3.63) is 71.6 Å². The first-order valence-electron chi connectivity index (χ1n) is 11.3. The van der Waals surface area contributed by atoms with Crippen molar-refractivity contribution in [3.8, 4) is 11.5 Å². The van der Waals surface area contributed by atoms with Crippen LogP contribution in [0.2, 0.25) is 0 Å². The van der Waals surface area contributed by atoms with Crippen molar-refractivity contribution in [1.29, 1.82) is 0 Å². The van der Waals surface area contributed by atoms with Gasteiger partial charge in [0.25, 0.3) is 0 Å². The van der Waals surface area contributed by atoms with Crippen LogP contribution in [-0.2, 0) is 11.3 Å². The molecular formula is C26H29N3O3. The minimum Gasteiger partial charge on any atom is -0.481 e. The topological polar surface area (TPSA) is 79.5 Å². The zero-order chi connectivity index (χ0) is 22.3. The predicted octanol–water partition coefficient (Wildman–Crippen LogP) is 5.37. The lowest BCUT2D eigenvalue weighted by Gasteiger charge is -2.36. The second-order valence-corrected chi connectivity index (χ2v) is 8.36. The molecule has 0 bridgehead atoms. The maximum atomic E-state index is 10.9. The van der Waals surface area contributed by atoms with Crippen LogP contribution in [0.5, 0.6) is 0 Å². The molecule has 4 rings (SSSR count). The fourth-order valence-corrected chi connectivity index (χ4v) is 3.94. The number of hydrogen-bond acceptors (Lipinski definition) is 5. The van der Waals surface area contributed by atoms with E-state index in [0.717, 1.165) is 30.5 Å². The molecule has 0 unspecified atom stereocenters. The highest BCUT2D eigenvalue weighted by molar-refractivity contribution is 5.79. The lowest BCUT2D eigenvalue weighted by Crippen LogP contribution is -2.49. The minimum absolute atomic E-state index is 0.234. The van der Waals surface area contributed by atoms with Crippen LogP contribution in [0.4, 0.5) is 0 Å². The Morgan fingerprint density at radius 3 is 2.53 bits per heavy atom. The van der Waals surface area contributed by atoms with Crippen LogP contribution in [0, 0.1) is 5.92 Å². The standard InChI is InChI=1S/C26H29N3O3/c1-2-3-5-10-22(20-8-6-4-7-9-20)15-24-27-28-25(32-24)21-13-11-19(12-14-21)16-29-17-23(18-29)26(30)31/h4,6-9,11-15,23H,2-3,5,10,16-18H2,1H3,(H,30,31)/b22-15-. The smallest absolute Gasteiger partial charge is 0.309 e. The van der Waals surface area contributed by atoms with Gasteiger partial charge in [0.15, 0.2) is 0 Å². The van der Waals surface area contributed by atoms with Crippen LogP contribution in [0.1, 0.15) is 49.6 Å². The highest BCUT2D eigenvalue weighted by Crippen LogP contribution is 2.26. The van der Waals surface area contributed by atoms with Gasteiger partial charge in [0.05, 0.1) is 5.92 Å². The van der Waals surface area contributed by atoms with Crippen molar-refractivity contribution >= 4 is 17.6 Å². The fourth-order valence-electron chi connectivity index (χ4n) is 3.94. The van der Waals surface area contributed by atoms with E-state index in [1.807, 2.05) is 48.5 Å². The third-order valence-electron chi connectivity index (χ3n) is 5.85. The summed E-state index contributed by atoms with van der Waals surface area (Å²) in [7, 11) is 0. The van der Waals surface area contributed by atoms with Gasteiger partial charge >= 0.3 is 5.97 Å². The molecule has 1 aromatic heterocycles. The van der Waals surface area contributed by atoms with E-state index in [1.165, 1.54) is 24.0 Å². The summed E-state index contributed by atoms with van der Waals surface area (Å²) in [6.07, 6.45) is 6.48. The molecule has 2 aromatic carbocycles. The molecule has 6 heteroatoms. The molecule has 6 nitrogen and oxygen atoms in total. The first kappa shape index (κ1) is 22.0. The highest BCUT2D eigenvalue weighted by Gasteiger charge is 2.32. The molecule has 1 aliphatic heterocycles. The number of nitrogens with zero attached hydrogens (tertiary/aromatic N) is 3. The number of aromatic nitrogens is 2. The summed E-state index contributed by atoms with van der Waals surface area (Å²) in [4.78, 5) is 13.1. The lowest BCUT2D eigenvalue weighted by atomic mass is 9.99. The summed E-state index contributed by atoms with van der Waals surface area (Å²) in [6, 6.07) is 18.4. The average molecular weight is 432 g/mol. The van der Waals surface area contributed by atoms with Gasteiger partial charge in [-0.15, -0.1) is 10.2 Å². The largest absolute Gasteiger partial charge is 0.481 e. The van der Waals surface area contributed by atoms with Crippen LogP contribution in [0.3, 0.4) is 0 Å². The number of carbonyl (C=O) groups is 1. The summed E-state index contributed by atoms with van der Waals surface area (Å²) in [5, 5.41) is 17.5. The van der Waals surface area contributed by atoms with Gasteiger partial charge in [-0.25, -0.2) is 0 Å². The van der Waals surface area contributed by atoms with E-state index in [9.17, 15) is 4.79 Å². The Kier molecular flexibility index (Phi) is 7.12. The second-order valence-electron chi connectivity index (χ2n) is 8.36. The summed E-state index contributed by atoms with van der Waals surface area (Å²) >= 11 is 0. The van der Waals surface area contributed by atoms with Gasteiger partial charge in [0.1, 0.15) is 0 Å². The Morgan fingerprint density at radius 1 is 1.09 bits per heavy atom. The molecule has 0 spiro atoms. The van der Waals surface area contributed by atoms with Gasteiger partial charge in [-0.3, -0.25) is 9.69 Å². The number of rotatable bonds is 10. The molecule has 2 heterocycles. The number of aliphatic carboxylic acids is 1. The SMILES string of the molecule is CCCCC/C(=C/c1nnc(-c2ccc(CN3CC(C(=O)O)C3)cc2)o1)c1ccccc1. The number of unbranched alkanes of at least 4 members (excludes halogenated alkanes) is 2. The molecular weight excluding hydrogens is 402 g/mol. The third kappa shape index (κ3) is 5.51. The van der Waals surface area contributed by atoms with E-state index in [4.69, 9.17) is 9.52 Å². The lowest BCUT2D eigenvalue weighted by molar-refractivity contribution is -0.147. The average Bonchev–Trinajstić information content (AvgIpc) is 3.25. The molecule has 1 N–H and O–H groups in total. The number of carboxylic acid groups (broad SMARTS) is 1. The molecule has 0 saturated carbocycles. The number of carboxylic acids is 1. The molecule has 3 aromatic rings. The monoisotopic (exact) mass is 431 g/mol. The highest BCUT2D eigenvalue weighted by atomic mass is 16.4. The number of hydrogen-bond donors (Lipinski definition) is 1. The van der Waals surface area contributed by atoms with Gasteiger partial charge < -0.3 is 9.52 Å². The van der Waals surface area contributed by atoms with E-state index in [0.29, 0.717) is 24.9 Å². The molecule has 0 atom stereocenters. The molecule has 1 fully saturated rings. The van der Waals surface area contributed by atoms with Crippen LogP contribution in [0.25, 0.3) is 23.1 Å². The zero-order valence-corrected chi connectivity index (χ0v) is 18.4. The van der Waals surface area contributed by atoms with E-state index in [-0.39, 0.29) is 5.92 Å². The Hall–Kier alpha value is -3.25. The zero-order valence-electron chi connectivity index (χ0n) is 18.4. The van der Waals surface area contributed by atoms with Gasteiger partial charge in [-0.2, -0.15) is 0 Å². The van der Waals surface area contributed by atoms with Gasteiger partial charge in [0.2, 0.25) is 11.8 Å². The van der Waals surface area contributed by atoms with Gasteiger partial charge in [0, 0.05) is 31.3 Å². The maximum Gasteiger partial charge on any atom is 0.309 e. The molecule has 32 heavy (non-hydrogen) atoms. The van der Waals surface area contributed by atoms with E-state index < -0.39 is 5.97 Å².